The molecule has 1 heteroatoms. The molecule has 10 heavy (non-hydrogen) atoms. The molecule has 0 N–H and O–H groups in total. The zero-order valence-corrected chi connectivity index (χ0v) is 6.42. The minimum Gasteiger partial charge on any atom is -0.370 e. The van der Waals surface area contributed by atoms with Gasteiger partial charge in [0, 0.05) is 0 Å². The smallest absolute Gasteiger partial charge is 0.0847 e. The van der Waals surface area contributed by atoms with Gasteiger partial charge in [-0.1, -0.05) is 12.2 Å². The molecule has 1 heterocycles. The number of fused-ring (bicyclic) bond motifs is 1. The Hall–Kier alpha value is -0.300. The molecule has 0 aromatic carbocycles. The number of allylic oxidation sites excluding steroid dienone is 2. The number of epoxide rings is 1. The van der Waals surface area contributed by atoms with E-state index in [0.29, 0.717) is 12.2 Å². The molecule has 0 bridgehead atoms. The van der Waals surface area contributed by atoms with E-state index in [0.717, 1.165) is 5.92 Å². The Bertz CT molecular complexity index is 151. The molecule has 1 saturated carbocycles. The molecule has 2 rings (SSSR count). The third-order valence-corrected chi connectivity index (χ3v) is 2.51. The number of hydrogen-bond donors (Lipinski definition) is 0. The summed E-state index contributed by atoms with van der Waals surface area (Å²) in [5.74, 6) is 0.814. The molecular weight excluding hydrogens is 124 g/mol. The van der Waals surface area contributed by atoms with Gasteiger partial charge in [0.1, 0.15) is 0 Å². The Balaban J connectivity index is 1.88. The minimum absolute atomic E-state index is 0.634. The summed E-state index contributed by atoms with van der Waals surface area (Å²) < 4.78 is 5.42. The van der Waals surface area contributed by atoms with Crippen molar-refractivity contribution in [2.75, 3.05) is 0 Å². The van der Waals surface area contributed by atoms with Crippen LogP contribution in [0.25, 0.3) is 0 Å². The lowest BCUT2D eigenvalue weighted by atomic mass is 9.89. The topological polar surface area (TPSA) is 12.5 Å². The Morgan fingerprint density at radius 3 is 2.90 bits per heavy atom. The third kappa shape index (κ3) is 1.10. The highest BCUT2D eigenvalue weighted by molar-refractivity contribution is 4.98. The van der Waals surface area contributed by atoms with Crippen LogP contribution in [0.2, 0.25) is 0 Å². The lowest BCUT2D eigenvalue weighted by Crippen LogP contribution is -2.10. The maximum atomic E-state index is 5.42. The van der Waals surface area contributed by atoms with Crippen LogP contribution in [-0.2, 0) is 4.74 Å². The summed E-state index contributed by atoms with van der Waals surface area (Å²) in [6, 6.07) is 0. The van der Waals surface area contributed by atoms with Crippen LogP contribution in [0.3, 0.4) is 0 Å². The SMILES string of the molecule is C/C=C/C1CCC2OC2C1. The van der Waals surface area contributed by atoms with Crippen LogP contribution in [0.15, 0.2) is 12.2 Å². The first-order valence-electron chi connectivity index (χ1n) is 4.18. The average molecular weight is 138 g/mol. The molecule has 3 unspecified atom stereocenters. The van der Waals surface area contributed by atoms with E-state index in [1.807, 2.05) is 0 Å². The molecule has 0 amide bonds. The fraction of sp³-hybridized carbons (Fsp3) is 0.778. The van der Waals surface area contributed by atoms with Crippen molar-refractivity contribution in [3.05, 3.63) is 12.2 Å². The summed E-state index contributed by atoms with van der Waals surface area (Å²) >= 11 is 0. The van der Waals surface area contributed by atoms with Crippen LogP contribution in [-0.4, -0.2) is 12.2 Å². The van der Waals surface area contributed by atoms with E-state index < -0.39 is 0 Å². The molecule has 3 atom stereocenters. The van der Waals surface area contributed by atoms with Crippen LogP contribution in [0.1, 0.15) is 26.2 Å². The van der Waals surface area contributed by atoms with Crippen molar-refractivity contribution in [3.8, 4) is 0 Å². The molecule has 0 aromatic rings. The van der Waals surface area contributed by atoms with Crippen LogP contribution in [0.5, 0.6) is 0 Å². The monoisotopic (exact) mass is 138 g/mol. The van der Waals surface area contributed by atoms with Crippen LogP contribution >= 0.6 is 0 Å². The van der Waals surface area contributed by atoms with Gasteiger partial charge in [0.2, 0.25) is 0 Å². The Kier molecular flexibility index (Phi) is 1.53. The Morgan fingerprint density at radius 1 is 1.30 bits per heavy atom. The van der Waals surface area contributed by atoms with Crippen molar-refractivity contribution in [2.45, 2.75) is 38.4 Å². The van der Waals surface area contributed by atoms with E-state index in [1.54, 1.807) is 0 Å². The summed E-state index contributed by atoms with van der Waals surface area (Å²) in [6.07, 6.45) is 9.67. The fourth-order valence-electron chi connectivity index (χ4n) is 1.88. The second-order valence-corrected chi connectivity index (χ2v) is 3.31. The van der Waals surface area contributed by atoms with E-state index in [9.17, 15) is 0 Å². The van der Waals surface area contributed by atoms with Gasteiger partial charge in [-0.2, -0.15) is 0 Å². The summed E-state index contributed by atoms with van der Waals surface area (Å²) in [5, 5.41) is 0. The van der Waals surface area contributed by atoms with Crippen molar-refractivity contribution in [1.82, 2.24) is 0 Å². The van der Waals surface area contributed by atoms with Crippen molar-refractivity contribution < 1.29 is 4.74 Å². The molecule has 0 spiro atoms. The predicted molar refractivity (Wildman–Crippen MR) is 40.8 cm³/mol. The lowest BCUT2D eigenvalue weighted by Gasteiger charge is -2.13. The molecule has 1 nitrogen and oxygen atoms in total. The van der Waals surface area contributed by atoms with E-state index in [1.165, 1.54) is 19.3 Å². The van der Waals surface area contributed by atoms with Crippen molar-refractivity contribution in [1.29, 1.82) is 0 Å². The number of hydrogen-bond acceptors (Lipinski definition) is 1. The molecule has 56 valence electrons. The van der Waals surface area contributed by atoms with Gasteiger partial charge in [0.25, 0.3) is 0 Å². The normalized spacial score (nSPS) is 45.5. The van der Waals surface area contributed by atoms with E-state index >= 15 is 0 Å². The summed E-state index contributed by atoms with van der Waals surface area (Å²) in [6.45, 7) is 2.10. The molecule has 1 saturated heterocycles. The number of rotatable bonds is 1. The molecule has 2 fully saturated rings. The lowest BCUT2D eigenvalue weighted by molar-refractivity contribution is 0.370. The molecule has 0 aromatic heterocycles. The standard InChI is InChI=1S/C9H14O/c1-2-3-7-4-5-8-9(6-7)10-8/h2-3,7-9H,4-6H2,1H3/b3-2+. The Morgan fingerprint density at radius 2 is 2.20 bits per heavy atom. The van der Waals surface area contributed by atoms with Crippen LogP contribution in [0.4, 0.5) is 0 Å². The van der Waals surface area contributed by atoms with Crippen molar-refractivity contribution >= 4 is 0 Å². The van der Waals surface area contributed by atoms with Gasteiger partial charge in [0.15, 0.2) is 0 Å². The molecular formula is C9H14O. The maximum Gasteiger partial charge on any atom is 0.0847 e. The minimum atomic E-state index is 0.634. The first-order valence-corrected chi connectivity index (χ1v) is 4.18. The summed E-state index contributed by atoms with van der Waals surface area (Å²) in [4.78, 5) is 0. The average Bonchev–Trinajstić information content (AvgIpc) is 2.66. The number of ether oxygens (including phenoxy) is 1. The summed E-state index contributed by atoms with van der Waals surface area (Å²) in [7, 11) is 0. The van der Waals surface area contributed by atoms with Crippen LogP contribution < -0.4 is 0 Å². The largest absolute Gasteiger partial charge is 0.370 e. The molecule has 1 aliphatic carbocycles. The van der Waals surface area contributed by atoms with E-state index in [2.05, 4.69) is 19.1 Å². The highest BCUT2D eigenvalue weighted by atomic mass is 16.6. The Labute approximate surface area is 62.1 Å². The van der Waals surface area contributed by atoms with E-state index in [4.69, 9.17) is 4.74 Å². The van der Waals surface area contributed by atoms with Gasteiger partial charge >= 0.3 is 0 Å². The van der Waals surface area contributed by atoms with Gasteiger partial charge in [0.05, 0.1) is 12.2 Å². The van der Waals surface area contributed by atoms with Crippen molar-refractivity contribution in [3.63, 3.8) is 0 Å². The zero-order valence-electron chi connectivity index (χ0n) is 6.42. The fourth-order valence-corrected chi connectivity index (χ4v) is 1.88. The van der Waals surface area contributed by atoms with Gasteiger partial charge in [-0.25, -0.2) is 0 Å². The third-order valence-electron chi connectivity index (χ3n) is 2.51. The van der Waals surface area contributed by atoms with Gasteiger partial charge in [-0.15, -0.1) is 0 Å². The molecule has 0 radical (unpaired) electrons. The van der Waals surface area contributed by atoms with Gasteiger partial charge in [-0.05, 0) is 32.1 Å². The first-order chi connectivity index (χ1) is 4.90. The van der Waals surface area contributed by atoms with E-state index in [-0.39, 0.29) is 0 Å². The van der Waals surface area contributed by atoms with Gasteiger partial charge < -0.3 is 4.74 Å². The van der Waals surface area contributed by atoms with Gasteiger partial charge in [-0.3, -0.25) is 0 Å². The van der Waals surface area contributed by atoms with Crippen LogP contribution in [0, 0.1) is 5.92 Å². The summed E-state index contributed by atoms with van der Waals surface area (Å²) in [5.41, 5.74) is 0. The first kappa shape index (κ1) is 6.41. The molecule has 1 aliphatic heterocycles. The zero-order chi connectivity index (χ0) is 6.97. The molecule has 2 aliphatic rings. The predicted octanol–water partition coefficient (Wildman–Crippen LogP) is 2.13. The maximum absolute atomic E-state index is 5.42. The quantitative estimate of drug-likeness (QED) is 0.399. The highest BCUT2D eigenvalue weighted by Gasteiger charge is 2.42. The second kappa shape index (κ2) is 2.39. The second-order valence-electron chi connectivity index (χ2n) is 3.31. The highest BCUT2D eigenvalue weighted by Crippen LogP contribution is 2.39. The van der Waals surface area contributed by atoms with Crippen molar-refractivity contribution in [2.24, 2.45) is 5.92 Å².